The number of nitrogens with zero attached hydrogens (tertiary/aromatic N) is 1. The molecule has 19 heavy (non-hydrogen) atoms. The van der Waals surface area contributed by atoms with Gasteiger partial charge in [0, 0.05) is 17.7 Å². The Morgan fingerprint density at radius 2 is 1.63 bits per heavy atom. The molecule has 0 unspecified atom stereocenters. The summed E-state index contributed by atoms with van der Waals surface area (Å²) in [5, 5.41) is 9.43. The third kappa shape index (κ3) is 3.85. The van der Waals surface area contributed by atoms with Crippen LogP contribution in [0.4, 0.5) is 4.79 Å². The number of aliphatic hydroxyl groups excluding tert-OH is 1. The van der Waals surface area contributed by atoms with E-state index in [1.165, 1.54) is 0 Å². The fraction of sp³-hybridized carbons (Fsp3) is 0.933. The van der Waals surface area contributed by atoms with E-state index in [1.54, 1.807) is 0 Å². The van der Waals surface area contributed by atoms with Gasteiger partial charge in [0.2, 0.25) is 0 Å². The molecule has 0 bridgehead atoms. The molecular formula is C15H29NO3. The highest BCUT2D eigenvalue weighted by molar-refractivity contribution is 5.70. The highest BCUT2D eigenvalue weighted by Crippen LogP contribution is 2.41. The first kappa shape index (κ1) is 16.3. The Kier molecular flexibility index (Phi) is 4.26. The first-order valence-corrected chi connectivity index (χ1v) is 7.03. The van der Waals surface area contributed by atoms with Crippen molar-refractivity contribution in [1.82, 2.24) is 4.90 Å². The van der Waals surface area contributed by atoms with Gasteiger partial charge in [-0.2, -0.15) is 0 Å². The van der Waals surface area contributed by atoms with Crippen LogP contribution < -0.4 is 0 Å². The molecule has 1 N–H and O–H groups in total. The van der Waals surface area contributed by atoms with Crippen molar-refractivity contribution in [3.63, 3.8) is 0 Å². The molecule has 0 saturated carbocycles. The summed E-state index contributed by atoms with van der Waals surface area (Å²) in [5.74, 6) is 0.240. The van der Waals surface area contributed by atoms with E-state index in [4.69, 9.17) is 4.74 Å². The predicted molar refractivity (Wildman–Crippen MR) is 76.0 cm³/mol. The van der Waals surface area contributed by atoms with Gasteiger partial charge in [0.05, 0.1) is 0 Å². The van der Waals surface area contributed by atoms with E-state index in [0.717, 1.165) is 12.8 Å². The van der Waals surface area contributed by atoms with Crippen LogP contribution in [0.25, 0.3) is 0 Å². The van der Waals surface area contributed by atoms with Crippen molar-refractivity contribution in [2.24, 2.45) is 5.92 Å². The maximum absolute atomic E-state index is 12.5. The van der Waals surface area contributed by atoms with Gasteiger partial charge in [-0.3, -0.25) is 4.90 Å². The van der Waals surface area contributed by atoms with E-state index in [2.05, 4.69) is 0 Å². The minimum absolute atomic E-state index is 0.176. The van der Waals surface area contributed by atoms with E-state index in [0.29, 0.717) is 0 Å². The molecule has 0 aromatic rings. The van der Waals surface area contributed by atoms with Gasteiger partial charge in [-0.25, -0.2) is 4.79 Å². The molecule has 0 radical (unpaired) electrons. The molecule has 1 rings (SSSR count). The van der Waals surface area contributed by atoms with Crippen molar-refractivity contribution in [2.45, 2.75) is 78.0 Å². The van der Waals surface area contributed by atoms with Crippen LogP contribution in [0.5, 0.6) is 0 Å². The molecule has 0 aliphatic carbocycles. The molecule has 112 valence electrons. The number of hydrogen-bond acceptors (Lipinski definition) is 3. The minimum atomic E-state index is -0.489. The summed E-state index contributed by atoms with van der Waals surface area (Å²) in [6.07, 6.45) is 1.33. The highest BCUT2D eigenvalue weighted by Gasteiger charge is 2.48. The molecule has 0 spiro atoms. The Balaban J connectivity index is 3.00. The predicted octanol–water partition coefficient (Wildman–Crippen LogP) is 3.18. The maximum Gasteiger partial charge on any atom is 0.411 e. The van der Waals surface area contributed by atoms with E-state index in [9.17, 15) is 9.90 Å². The van der Waals surface area contributed by atoms with Gasteiger partial charge >= 0.3 is 6.09 Å². The molecule has 1 aliphatic rings. The first-order chi connectivity index (χ1) is 8.39. The van der Waals surface area contributed by atoms with Crippen molar-refractivity contribution in [1.29, 1.82) is 0 Å². The number of rotatable bonds is 1. The molecule has 0 aromatic carbocycles. The van der Waals surface area contributed by atoms with Gasteiger partial charge in [-0.15, -0.1) is 0 Å². The number of carbonyl (C=O) groups is 1. The van der Waals surface area contributed by atoms with Gasteiger partial charge in [-0.05, 0) is 67.2 Å². The molecule has 0 aromatic heterocycles. The molecule has 1 fully saturated rings. The number of piperidine rings is 1. The number of ether oxygens (including phenoxy) is 1. The summed E-state index contributed by atoms with van der Waals surface area (Å²) in [7, 11) is 0. The monoisotopic (exact) mass is 271 g/mol. The smallest absolute Gasteiger partial charge is 0.411 e. The molecule has 1 heterocycles. The van der Waals surface area contributed by atoms with E-state index in [1.807, 2.05) is 53.4 Å². The molecule has 0 atom stereocenters. The third-order valence-corrected chi connectivity index (χ3v) is 3.62. The fourth-order valence-corrected chi connectivity index (χ4v) is 3.42. The summed E-state index contributed by atoms with van der Waals surface area (Å²) in [5.41, 5.74) is -1.11. The normalized spacial score (nSPS) is 23.3. The second kappa shape index (κ2) is 4.97. The van der Waals surface area contributed by atoms with Crippen molar-refractivity contribution in [2.75, 3.05) is 6.61 Å². The summed E-state index contributed by atoms with van der Waals surface area (Å²) in [4.78, 5) is 14.3. The second-order valence-electron chi connectivity index (χ2n) is 7.90. The van der Waals surface area contributed by atoms with Crippen molar-refractivity contribution >= 4 is 6.09 Å². The first-order valence-electron chi connectivity index (χ1n) is 7.03. The largest absolute Gasteiger partial charge is 0.444 e. The minimum Gasteiger partial charge on any atom is -0.444 e. The second-order valence-corrected chi connectivity index (χ2v) is 7.90. The lowest BCUT2D eigenvalue weighted by Crippen LogP contribution is -2.63. The van der Waals surface area contributed by atoms with Crippen LogP contribution in [0.1, 0.15) is 61.3 Å². The zero-order valence-corrected chi connectivity index (χ0v) is 13.4. The summed E-state index contributed by atoms with van der Waals surface area (Å²) in [6.45, 7) is 14.0. The summed E-state index contributed by atoms with van der Waals surface area (Å²) < 4.78 is 5.54. The molecule has 1 amide bonds. The van der Waals surface area contributed by atoms with Gasteiger partial charge in [0.25, 0.3) is 0 Å². The van der Waals surface area contributed by atoms with E-state index < -0.39 is 5.60 Å². The third-order valence-electron chi connectivity index (χ3n) is 3.62. The molecule has 1 aliphatic heterocycles. The summed E-state index contributed by atoms with van der Waals surface area (Å²) >= 11 is 0. The Hall–Kier alpha value is -0.770. The number of amides is 1. The Labute approximate surface area is 117 Å². The van der Waals surface area contributed by atoms with Crippen LogP contribution in [-0.4, -0.2) is 39.4 Å². The Bertz CT molecular complexity index is 324. The number of likely N-dealkylation sites (tertiary alicyclic amines) is 1. The Morgan fingerprint density at radius 1 is 1.21 bits per heavy atom. The molecule has 1 saturated heterocycles. The maximum atomic E-state index is 12.5. The average molecular weight is 271 g/mol. The topological polar surface area (TPSA) is 49.8 Å². The zero-order chi connectivity index (χ0) is 15.1. The van der Waals surface area contributed by atoms with Crippen LogP contribution in [0.15, 0.2) is 0 Å². The summed E-state index contributed by atoms with van der Waals surface area (Å²) in [6, 6.07) is 0. The van der Waals surface area contributed by atoms with Crippen LogP contribution >= 0.6 is 0 Å². The standard InChI is InChI=1S/C15H29NO3/c1-13(2,3)19-12(18)16-14(4,5)8-11(10-17)9-15(16,6)7/h11,17H,8-10H2,1-7H3. The quantitative estimate of drug-likeness (QED) is 0.797. The molecule has 4 heteroatoms. The zero-order valence-electron chi connectivity index (χ0n) is 13.4. The Morgan fingerprint density at radius 3 is 1.95 bits per heavy atom. The lowest BCUT2D eigenvalue weighted by molar-refractivity contribution is -0.0711. The lowest BCUT2D eigenvalue weighted by atomic mass is 9.74. The molecular weight excluding hydrogens is 242 g/mol. The van der Waals surface area contributed by atoms with Gasteiger partial charge in [-0.1, -0.05) is 0 Å². The van der Waals surface area contributed by atoms with Gasteiger partial charge in [0.15, 0.2) is 0 Å². The van der Waals surface area contributed by atoms with Gasteiger partial charge < -0.3 is 9.84 Å². The van der Waals surface area contributed by atoms with E-state index in [-0.39, 0.29) is 29.7 Å². The van der Waals surface area contributed by atoms with Crippen molar-refractivity contribution in [3.05, 3.63) is 0 Å². The SMILES string of the molecule is CC(C)(C)OC(=O)N1C(C)(C)CC(CO)CC1(C)C. The fourth-order valence-electron chi connectivity index (χ4n) is 3.42. The average Bonchev–Trinajstić information content (AvgIpc) is 2.09. The van der Waals surface area contributed by atoms with Crippen LogP contribution in [0.3, 0.4) is 0 Å². The molecule has 4 nitrogen and oxygen atoms in total. The van der Waals surface area contributed by atoms with Crippen LogP contribution in [-0.2, 0) is 4.74 Å². The van der Waals surface area contributed by atoms with Crippen molar-refractivity contribution < 1.29 is 14.6 Å². The number of aliphatic hydroxyl groups is 1. The van der Waals surface area contributed by atoms with Crippen LogP contribution in [0.2, 0.25) is 0 Å². The van der Waals surface area contributed by atoms with Gasteiger partial charge in [0.1, 0.15) is 5.60 Å². The highest BCUT2D eigenvalue weighted by atomic mass is 16.6. The van der Waals surface area contributed by atoms with E-state index >= 15 is 0 Å². The van der Waals surface area contributed by atoms with Crippen molar-refractivity contribution in [3.8, 4) is 0 Å². The number of hydrogen-bond donors (Lipinski definition) is 1. The number of carbonyl (C=O) groups excluding carboxylic acids is 1. The van der Waals surface area contributed by atoms with Crippen LogP contribution in [0, 0.1) is 5.92 Å². The lowest BCUT2D eigenvalue weighted by Gasteiger charge is -2.54.